The predicted octanol–water partition coefficient (Wildman–Crippen LogP) is 2.02. The van der Waals surface area contributed by atoms with Crippen LogP contribution in [-0.4, -0.2) is 48.1 Å². The highest BCUT2D eigenvalue weighted by atomic mass is 19.1. The van der Waals surface area contributed by atoms with Gasteiger partial charge in [0.2, 0.25) is 0 Å². The Morgan fingerprint density at radius 1 is 1.40 bits per heavy atom. The molecule has 2 saturated heterocycles. The van der Waals surface area contributed by atoms with Crippen molar-refractivity contribution in [3.63, 3.8) is 0 Å². The molecule has 5 heteroatoms. The van der Waals surface area contributed by atoms with E-state index in [4.69, 9.17) is 4.74 Å². The van der Waals surface area contributed by atoms with E-state index in [1.165, 1.54) is 6.07 Å². The number of carbonyl (C=O) groups is 1. The van der Waals surface area contributed by atoms with Gasteiger partial charge in [0.25, 0.3) is 0 Å². The lowest BCUT2D eigenvalue weighted by molar-refractivity contribution is 0.0792. The number of likely N-dealkylation sites (N-methyl/N-ethyl adjacent to an activating group) is 1. The summed E-state index contributed by atoms with van der Waals surface area (Å²) < 4.78 is 19.1. The molecule has 0 aliphatic carbocycles. The molecule has 4 nitrogen and oxygen atoms in total. The molecule has 0 bridgehead atoms. The highest BCUT2D eigenvalue weighted by molar-refractivity contribution is 5.75. The third kappa shape index (κ3) is 1.89. The normalized spacial score (nSPS) is 26.6. The molecule has 0 unspecified atom stereocenters. The Balaban J connectivity index is 2.00. The van der Waals surface area contributed by atoms with Crippen LogP contribution in [-0.2, 0) is 11.2 Å². The number of cyclic esters (lactones) is 1. The highest BCUT2D eigenvalue weighted by Crippen LogP contribution is 2.38. The van der Waals surface area contributed by atoms with Gasteiger partial charge in [-0.05, 0) is 18.7 Å². The van der Waals surface area contributed by atoms with Gasteiger partial charge >= 0.3 is 6.09 Å². The molecule has 0 radical (unpaired) electrons. The Hall–Kier alpha value is -1.88. The van der Waals surface area contributed by atoms with Gasteiger partial charge in [0, 0.05) is 26.1 Å². The van der Waals surface area contributed by atoms with E-state index in [0.717, 1.165) is 6.54 Å². The molecule has 0 spiro atoms. The molecule has 1 amide bonds. The molecule has 106 valence electrons. The van der Waals surface area contributed by atoms with Gasteiger partial charge in [-0.3, -0.25) is 4.90 Å². The number of nitrogens with zero attached hydrogens (tertiary/aromatic N) is 2. The second-order valence-corrected chi connectivity index (χ2v) is 5.48. The van der Waals surface area contributed by atoms with Crippen LogP contribution in [0.25, 0.3) is 0 Å². The van der Waals surface area contributed by atoms with E-state index >= 15 is 0 Å². The minimum atomic E-state index is -0.660. The summed E-state index contributed by atoms with van der Waals surface area (Å²) in [6, 6.07) is 6.63. The van der Waals surface area contributed by atoms with Crippen molar-refractivity contribution >= 4 is 6.09 Å². The van der Waals surface area contributed by atoms with Crippen LogP contribution in [0.5, 0.6) is 0 Å². The fourth-order valence-electron chi connectivity index (χ4n) is 3.06. The van der Waals surface area contributed by atoms with E-state index in [0.29, 0.717) is 30.8 Å². The first-order chi connectivity index (χ1) is 9.53. The first-order valence-electron chi connectivity index (χ1n) is 6.64. The van der Waals surface area contributed by atoms with Crippen LogP contribution in [0, 0.1) is 5.82 Å². The number of ether oxygens (including phenoxy) is 1. The van der Waals surface area contributed by atoms with Crippen LogP contribution in [0.2, 0.25) is 0 Å². The number of benzene rings is 1. The van der Waals surface area contributed by atoms with E-state index in [9.17, 15) is 9.18 Å². The van der Waals surface area contributed by atoms with Crippen molar-refractivity contribution in [1.82, 2.24) is 9.80 Å². The summed E-state index contributed by atoms with van der Waals surface area (Å²) in [7, 11) is 1.98. The predicted molar refractivity (Wildman–Crippen MR) is 72.7 cm³/mol. The molecule has 3 rings (SSSR count). The fourth-order valence-corrected chi connectivity index (χ4v) is 3.06. The van der Waals surface area contributed by atoms with E-state index < -0.39 is 5.54 Å². The number of hydrogen-bond donors (Lipinski definition) is 0. The van der Waals surface area contributed by atoms with Crippen LogP contribution >= 0.6 is 0 Å². The molecule has 2 aliphatic rings. The van der Waals surface area contributed by atoms with Crippen molar-refractivity contribution in [1.29, 1.82) is 0 Å². The van der Waals surface area contributed by atoms with Crippen molar-refractivity contribution in [3.05, 3.63) is 48.0 Å². The lowest BCUT2D eigenvalue weighted by Crippen LogP contribution is -2.60. The molecular weight excluding hydrogens is 259 g/mol. The summed E-state index contributed by atoms with van der Waals surface area (Å²) in [5, 5.41) is 0. The first kappa shape index (κ1) is 13.1. The third-order valence-corrected chi connectivity index (χ3v) is 4.14. The molecule has 2 aliphatic heterocycles. The van der Waals surface area contributed by atoms with Crippen molar-refractivity contribution < 1.29 is 13.9 Å². The van der Waals surface area contributed by atoms with Gasteiger partial charge in [-0.2, -0.15) is 0 Å². The lowest BCUT2D eigenvalue weighted by Gasteiger charge is -2.43. The zero-order chi connectivity index (χ0) is 14.3. The minimum Gasteiger partial charge on any atom is -0.413 e. The molecule has 2 fully saturated rings. The van der Waals surface area contributed by atoms with Gasteiger partial charge in [-0.15, -0.1) is 0 Å². The van der Waals surface area contributed by atoms with Crippen LogP contribution in [0.4, 0.5) is 9.18 Å². The molecule has 1 aromatic carbocycles. The Morgan fingerprint density at radius 3 is 2.90 bits per heavy atom. The van der Waals surface area contributed by atoms with E-state index in [-0.39, 0.29) is 11.9 Å². The Bertz CT molecular complexity index is 575. The lowest BCUT2D eigenvalue weighted by atomic mass is 9.86. The van der Waals surface area contributed by atoms with Gasteiger partial charge in [0.05, 0.1) is 0 Å². The Labute approximate surface area is 117 Å². The van der Waals surface area contributed by atoms with Gasteiger partial charge < -0.3 is 9.64 Å². The highest BCUT2D eigenvalue weighted by Gasteiger charge is 2.53. The summed E-state index contributed by atoms with van der Waals surface area (Å²) in [5.41, 5.74) is -0.0843. The quantitative estimate of drug-likeness (QED) is 0.828. The number of hydrogen-bond acceptors (Lipinski definition) is 3. The van der Waals surface area contributed by atoms with Crippen LogP contribution in [0.3, 0.4) is 0 Å². The standard InChI is InChI=1S/C15H17FN2O2/c1-11-15(9-12-5-3-4-6-13(12)16)10-17(2)7-8-18(15)14(19)20-11/h3-6H,1,7-10H2,2H3/t15-/m1/s1. The van der Waals surface area contributed by atoms with Crippen molar-refractivity contribution in [2.24, 2.45) is 0 Å². The fraction of sp³-hybridized carbons (Fsp3) is 0.400. The number of rotatable bonds is 2. The Morgan fingerprint density at radius 2 is 2.15 bits per heavy atom. The van der Waals surface area contributed by atoms with Crippen LogP contribution in [0.15, 0.2) is 36.6 Å². The molecule has 2 heterocycles. The number of fused-ring (bicyclic) bond motifs is 1. The average molecular weight is 276 g/mol. The van der Waals surface area contributed by atoms with E-state index in [2.05, 4.69) is 11.5 Å². The molecule has 0 N–H and O–H groups in total. The van der Waals surface area contributed by atoms with Gasteiger partial charge in [-0.1, -0.05) is 24.8 Å². The van der Waals surface area contributed by atoms with Crippen molar-refractivity contribution in [2.45, 2.75) is 12.0 Å². The smallest absolute Gasteiger partial charge is 0.413 e. The van der Waals surface area contributed by atoms with Crippen LogP contribution < -0.4 is 0 Å². The summed E-state index contributed by atoms with van der Waals surface area (Å²) in [4.78, 5) is 15.7. The largest absolute Gasteiger partial charge is 0.415 e. The van der Waals surface area contributed by atoms with Crippen LogP contribution in [0.1, 0.15) is 5.56 Å². The zero-order valence-corrected chi connectivity index (χ0v) is 11.4. The number of piperazine rings is 1. The number of amides is 1. The van der Waals surface area contributed by atoms with E-state index in [1.54, 1.807) is 23.1 Å². The van der Waals surface area contributed by atoms with Crippen molar-refractivity contribution in [2.75, 3.05) is 26.7 Å². The molecule has 20 heavy (non-hydrogen) atoms. The molecule has 0 saturated carbocycles. The summed E-state index contributed by atoms with van der Waals surface area (Å²) in [6.07, 6.45) is 0.00800. The van der Waals surface area contributed by atoms with E-state index in [1.807, 2.05) is 7.05 Å². The molecular formula is C15H17FN2O2. The third-order valence-electron chi connectivity index (χ3n) is 4.14. The second-order valence-electron chi connectivity index (χ2n) is 5.48. The molecule has 0 aromatic heterocycles. The maximum Gasteiger partial charge on any atom is 0.415 e. The maximum atomic E-state index is 13.9. The van der Waals surface area contributed by atoms with Gasteiger partial charge in [-0.25, -0.2) is 9.18 Å². The number of halogens is 1. The summed E-state index contributed by atoms with van der Waals surface area (Å²) in [5.74, 6) is 0.152. The minimum absolute atomic E-state index is 0.262. The number of carbonyl (C=O) groups excluding carboxylic acids is 1. The molecule has 1 aromatic rings. The maximum absolute atomic E-state index is 13.9. The second kappa shape index (κ2) is 4.59. The Kier molecular flexibility index (Phi) is 3.01. The molecule has 1 atom stereocenters. The van der Waals surface area contributed by atoms with Crippen molar-refractivity contribution in [3.8, 4) is 0 Å². The van der Waals surface area contributed by atoms with Gasteiger partial charge in [0.15, 0.2) is 0 Å². The first-order valence-corrected chi connectivity index (χ1v) is 6.64. The topological polar surface area (TPSA) is 32.8 Å². The zero-order valence-electron chi connectivity index (χ0n) is 11.4. The monoisotopic (exact) mass is 276 g/mol. The SMILES string of the molecule is C=C1OC(=O)N2CCN(C)C[C@]12Cc1ccccc1F. The van der Waals surface area contributed by atoms with Gasteiger partial charge in [0.1, 0.15) is 17.1 Å². The summed E-state index contributed by atoms with van der Waals surface area (Å²) in [6.45, 7) is 5.84. The summed E-state index contributed by atoms with van der Waals surface area (Å²) >= 11 is 0. The average Bonchev–Trinajstić information content (AvgIpc) is 2.64.